The smallest absolute Gasteiger partial charge is 0.258 e. The summed E-state index contributed by atoms with van der Waals surface area (Å²) in [6.45, 7) is 3.84. The summed E-state index contributed by atoms with van der Waals surface area (Å²) in [4.78, 5) is 4.39. The van der Waals surface area contributed by atoms with E-state index in [1.165, 1.54) is 0 Å². The van der Waals surface area contributed by atoms with E-state index in [9.17, 15) is 5.11 Å². The Bertz CT molecular complexity index is 763. The number of rotatable bonds is 2. The molecule has 0 radical (unpaired) electrons. The average Bonchev–Trinajstić information content (AvgIpc) is 2.92. The quantitative estimate of drug-likeness (QED) is 0.767. The van der Waals surface area contributed by atoms with Crippen molar-refractivity contribution in [3.63, 3.8) is 0 Å². The van der Waals surface area contributed by atoms with Crippen LogP contribution >= 0.6 is 0 Å². The predicted octanol–water partition coefficient (Wildman–Crippen LogP) is 3.73. The molecule has 1 N–H and O–H groups in total. The molecule has 0 spiro atoms. The van der Waals surface area contributed by atoms with Crippen LogP contribution in [0.15, 0.2) is 47.0 Å². The number of nitrogens with zero attached hydrogens (tertiary/aromatic N) is 2. The summed E-state index contributed by atoms with van der Waals surface area (Å²) >= 11 is 0. The van der Waals surface area contributed by atoms with Crippen LogP contribution < -0.4 is 0 Å². The number of aromatic hydroxyl groups is 1. The standard InChI is InChI=1S/C16H14N2O2/c1-10-5-3-4-6-13(10)15-17-16(20-18-15)12-8-7-11(2)14(19)9-12/h3-9,19H,1-2H3. The van der Waals surface area contributed by atoms with E-state index in [2.05, 4.69) is 10.1 Å². The Morgan fingerprint density at radius 2 is 1.80 bits per heavy atom. The Labute approximate surface area is 116 Å². The highest BCUT2D eigenvalue weighted by molar-refractivity contribution is 5.63. The second-order valence-corrected chi connectivity index (χ2v) is 4.74. The molecule has 0 aliphatic heterocycles. The van der Waals surface area contributed by atoms with Crippen molar-refractivity contribution in [2.45, 2.75) is 13.8 Å². The van der Waals surface area contributed by atoms with Gasteiger partial charge in [-0.1, -0.05) is 35.5 Å². The molecule has 0 atom stereocenters. The fourth-order valence-electron chi connectivity index (χ4n) is 2.02. The molecule has 20 heavy (non-hydrogen) atoms. The summed E-state index contributed by atoms with van der Waals surface area (Å²) in [7, 11) is 0. The zero-order chi connectivity index (χ0) is 14.1. The maximum Gasteiger partial charge on any atom is 0.258 e. The molecule has 0 unspecified atom stereocenters. The lowest BCUT2D eigenvalue weighted by molar-refractivity contribution is 0.431. The summed E-state index contributed by atoms with van der Waals surface area (Å²) < 4.78 is 5.28. The van der Waals surface area contributed by atoms with E-state index < -0.39 is 0 Å². The van der Waals surface area contributed by atoms with Crippen LogP contribution in [-0.2, 0) is 0 Å². The molecule has 3 rings (SSSR count). The van der Waals surface area contributed by atoms with Gasteiger partial charge in [0.15, 0.2) is 0 Å². The van der Waals surface area contributed by atoms with Gasteiger partial charge in [0.05, 0.1) is 0 Å². The highest BCUT2D eigenvalue weighted by Gasteiger charge is 2.12. The predicted molar refractivity (Wildman–Crippen MR) is 76.3 cm³/mol. The average molecular weight is 266 g/mol. The summed E-state index contributed by atoms with van der Waals surface area (Å²) in [6, 6.07) is 13.2. The lowest BCUT2D eigenvalue weighted by Gasteiger charge is -2.00. The third-order valence-electron chi connectivity index (χ3n) is 3.27. The van der Waals surface area contributed by atoms with Gasteiger partial charge in [0, 0.05) is 11.1 Å². The van der Waals surface area contributed by atoms with Gasteiger partial charge in [0.1, 0.15) is 5.75 Å². The first-order valence-electron chi connectivity index (χ1n) is 6.35. The maximum absolute atomic E-state index is 9.74. The molecule has 0 amide bonds. The molecular weight excluding hydrogens is 252 g/mol. The first-order chi connectivity index (χ1) is 9.65. The molecule has 1 heterocycles. The molecule has 0 fully saturated rings. The number of phenolic OH excluding ortho intramolecular Hbond substituents is 1. The van der Waals surface area contributed by atoms with Crippen LogP contribution in [0, 0.1) is 13.8 Å². The van der Waals surface area contributed by atoms with Gasteiger partial charge in [-0.15, -0.1) is 0 Å². The summed E-state index contributed by atoms with van der Waals surface area (Å²) in [6.07, 6.45) is 0. The molecule has 100 valence electrons. The van der Waals surface area contributed by atoms with Crippen LogP contribution in [0.1, 0.15) is 11.1 Å². The second kappa shape index (κ2) is 4.81. The van der Waals surface area contributed by atoms with E-state index in [0.29, 0.717) is 17.3 Å². The summed E-state index contributed by atoms with van der Waals surface area (Å²) in [5, 5.41) is 13.7. The maximum atomic E-state index is 9.74. The second-order valence-electron chi connectivity index (χ2n) is 4.74. The highest BCUT2D eigenvalue weighted by Crippen LogP contribution is 2.27. The lowest BCUT2D eigenvalue weighted by Crippen LogP contribution is -1.85. The Hall–Kier alpha value is -2.62. The minimum atomic E-state index is 0.221. The van der Waals surface area contributed by atoms with Gasteiger partial charge in [0.25, 0.3) is 5.89 Å². The van der Waals surface area contributed by atoms with Gasteiger partial charge in [-0.25, -0.2) is 0 Å². The zero-order valence-corrected chi connectivity index (χ0v) is 11.3. The van der Waals surface area contributed by atoms with Crippen molar-refractivity contribution < 1.29 is 9.63 Å². The monoisotopic (exact) mass is 266 g/mol. The van der Waals surface area contributed by atoms with E-state index in [-0.39, 0.29) is 5.75 Å². The van der Waals surface area contributed by atoms with E-state index in [4.69, 9.17) is 4.52 Å². The largest absolute Gasteiger partial charge is 0.508 e. The Morgan fingerprint density at radius 1 is 1.00 bits per heavy atom. The van der Waals surface area contributed by atoms with Gasteiger partial charge in [0.2, 0.25) is 5.82 Å². The van der Waals surface area contributed by atoms with Crippen molar-refractivity contribution in [3.05, 3.63) is 53.6 Å². The first-order valence-corrected chi connectivity index (χ1v) is 6.35. The van der Waals surface area contributed by atoms with Crippen molar-refractivity contribution in [1.82, 2.24) is 10.1 Å². The van der Waals surface area contributed by atoms with Gasteiger partial charge in [-0.2, -0.15) is 4.98 Å². The minimum Gasteiger partial charge on any atom is -0.508 e. The molecule has 4 heteroatoms. The lowest BCUT2D eigenvalue weighted by atomic mass is 10.1. The van der Waals surface area contributed by atoms with Crippen molar-refractivity contribution in [1.29, 1.82) is 0 Å². The van der Waals surface area contributed by atoms with E-state index in [1.54, 1.807) is 6.07 Å². The zero-order valence-electron chi connectivity index (χ0n) is 11.3. The molecule has 1 aromatic heterocycles. The molecule has 0 saturated heterocycles. The topological polar surface area (TPSA) is 59.2 Å². The molecule has 0 aliphatic rings. The molecule has 3 aromatic rings. The third-order valence-corrected chi connectivity index (χ3v) is 3.27. The van der Waals surface area contributed by atoms with Crippen LogP contribution in [-0.4, -0.2) is 15.2 Å². The molecule has 0 aliphatic carbocycles. The molecule has 2 aromatic carbocycles. The normalized spacial score (nSPS) is 10.7. The Kier molecular flexibility index (Phi) is 2.99. The fourth-order valence-corrected chi connectivity index (χ4v) is 2.02. The SMILES string of the molecule is Cc1ccc(-c2nc(-c3ccccc3C)no2)cc1O. The number of aromatic nitrogens is 2. The van der Waals surface area contributed by atoms with Gasteiger partial charge < -0.3 is 9.63 Å². The first kappa shape index (κ1) is 12.4. The molecule has 4 nitrogen and oxygen atoms in total. The van der Waals surface area contributed by atoms with Gasteiger partial charge >= 0.3 is 0 Å². The van der Waals surface area contributed by atoms with Crippen LogP contribution in [0.2, 0.25) is 0 Å². The molecule has 0 saturated carbocycles. The van der Waals surface area contributed by atoms with Gasteiger partial charge in [-0.05, 0) is 37.1 Å². The minimum absolute atomic E-state index is 0.221. The van der Waals surface area contributed by atoms with Crippen molar-refractivity contribution >= 4 is 0 Å². The van der Waals surface area contributed by atoms with Gasteiger partial charge in [-0.3, -0.25) is 0 Å². The third kappa shape index (κ3) is 2.16. The summed E-state index contributed by atoms with van der Waals surface area (Å²) in [5.74, 6) is 1.18. The highest BCUT2D eigenvalue weighted by atomic mass is 16.5. The van der Waals surface area contributed by atoms with Crippen LogP contribution in [0.4, 0.5) is 0 Å². The number of aryl methyl sites for hydroxylation is 2. The summed E-state index contributed by atoms with van der Waals surface area (Å²) in [5.41, 5.74) is 3.55. The number of hydrogen-bond donors (Lipinski definition) is 1. The van der Waals surface area contributed by atoms with E-state index in [0.717, 1.165) is 16.7 Å². The van der Waals surface area contributed by atoms with Crippen LogP contribution in [0.5, 0.6) is 5.75 Å². The van der Waals surface area contributed by atoms with Crippen molar-refractivity contribution in [3.8, 4) is 28.6 Å². The number of hydrogen-bond acceptors (Lipinski definition) is 4. The van der Waals surface area contributed by atoms with Crippen molar-refractivity contribution in [2.24, 2.45) is 0 Å². The number of benzene rings is 2. The van der Waals surface area contributed by atoms with E-state index in [1.807, 2.05) is 50.2 Å². The Balaban J connectivity index is 2.02. The van der Waals surface area contributed by atoms with Crippen LogP contribution in [0.3, 0.4) is 0 Å². The van der Waals surface area contributed by atoms with Crippen molar-refractivity contribution in [2.75, 3.05) is 0 Å². The fraction of sp³-hybridized carbons (Fsp3) is 0.125. The van der Waals surface area contributed by atoms with Crippen LogP contribution in [0.25, 0.3) is 22.8 Å². The van der Waals surface area contributed by atoms with E-state index >= 15 is 0 Å². The molecular formula is C16H14N2O2. The molecule has 0 bridgehead atoms. The Morgan fingerprint density at radius 3 is 2.55 bits per heavy atom. The number of phenols is 1.